The highest BCUT2D eigenvalue weighted by molar-refractivity contribution is 5.89. The molecule has 0 heterocycles. The molecule has 7 nitrogen and oxygen atoms in total. The molecule has 2 aromatic carbocycles. The van der Waals surface area contributed by atoms with E-state index in [0.29, 0.717) is 0 Å². The van der Waals surface area contributed by atoms with E-state index in [9.17, 15) is 27.6 Å². The van der Waals surface area contributed by atoms with Gasteiger partial charge in [0.15, 0.2) is 0 Å². The Labute approximate surface area is 181 Å². The summed E-state index contributed by atoms with van der Waals surface area (Å²) in [7, 11) is 0. The number of carboxylic acid groups (broad SMARTS) is 1. The summed E-state index contributed by atoms with van der Waals surface area (Å²) in [5, 5.41) is 12.7. The number of benzene rings is 2. The summed E-state index contributed by atoms with van der Waals surface area (Å²) in [6, 6.07) is 11.6. The van der Waals surface area contributed by atoms with Gasteiger partial charge in [-0.25, -0.2) is 4.79 Å². The Bertz CT molecular complexity index is 979. The molecule has 0 aromatic heterocycles. The van der Waals surface area contributed by atoms with E-state index >= 15 is 0 Å². The van der Waals surface area contributed by atoms with Gasteiger partial charge in [-0.05, 0) is 29.2 Å². The number of fused-ring (bicyclic) bond motifs is 3. The fourth-order valence-corrected chi connectivity index (χ4v) is 3.60. The zero-order valence-corrected chi connectivity index (χ0v) is 17.0. The molecule has 170 valence electrons. The SMILES string of the molecule is CC(NC(=O)C(CC(F)(F)F)NC(=O)OCC1c2ccccc2-c2ccccc21)C(=O)O. The van der Waals surface area contributed by atoms with E-state index in [4.69, 9.17) is 9.84 Å². The first-order chi connectivity index (χ1) is 15.1. The topological polar surface area (TPSA) is 105 Å². The molecule has 0 radical (unpaired) electrons. The van der Waals surface area contributed by atoms with Crippen LogP contribution in [0.1, 0.15) is 30.4 Å². The third kappa shape index (κ3) is 5.37. The molecule has 32 heavy (non-hydrogen) atoms. The van der Waals surface area contributed by atoms with Gasteiger partial charge in [0.2, 0.25) is 5.91 Å². The van der Waals surface area contributed by atoms with Gasteiger partial charge in [-0.3, -0.25) is 9.59 Å². The lowest BCUT2D eigenvalue weighted by atomic mass is 9.98. The predicted octanol–water partition coefficient (Wildman–Crippen LogP) is 3.44. The first kappa shape index (κ1) is 23.1. The summed E-state index contributed by atoms with van der Waals surface area (Å²) in [5.74, 6) is -3.01. The molecule has 2 amide bonds. The number of aliphatic carboxylic acids is 1. The Kier molecular flexibility index (Phi) is 6.71. The van der Waals surface area contributed by atoms with E-state index in [1.807, 2.05) is 59.2 Å². The Morgan fingerprint density at radius 1 is 1.00 bits per heavy atom. The van der Waals surface area contributed by atoms with E-state index in [0.717, 1.165) is 29.2 Å². The molecule has 0 saturated carbocycles. The largest absolute Gasteiger partial charge is 0.480 e. The zero-order valence-electron chi connectivity index (χ0n) is 17.0. The predicted molar refractivity (Wildman–Crippen MR) is 108 cm³/mol. The summed E-state index contributed by atoms with van der Waals surface area (Å²) >= 11 is 0. The molecule has 2 atom stereocenters. The second kappa shape index (κ2) is 9.29. The molecule has 1 aliphatic rings. The zero-order chi connectivity index (χ0) is 23.5. The van der Waals surface area contributed by atoms with Crippen molar-refractivity contribution in [3.63, 3.8) is 0 Å². The Hall–Kier alpha value is -3.56. The summed E-state index contributed by atoms with van der Waals surface area (Å²) in [4.78, 5) is 35.2. The van der Waals surface area contributed by atoms with Crippen molar-refractivity contribution in [2.24, 2.45) is 0 Å². The summed E-state index contributed by atoms with van der Waals surface area (Å²) in [6.07, 6.45) is -7.65. The number of carbonyl (C=O) groups excluding carboxylic acids is 2. The van der Waals surface area contributed by atoms with Crippen LogP contribution in [-0.2, 0) is 14.3 Å². The van der Waals surface area contributed by atoms with Crippen molar-refractivity contribution < 1.29 is 37.4 Å². The van der Waals surface area contributed by atoms with Crippen molar-refractivity contribution in [2.45, 2.75) is 37.5 Å². The molecule has 2 unspecified atom stereocenters. The van der Waals surface area contributed by atoms with Gasteiger partial charge in [0.25, 0.3) is 0 Å². The van der Waals surface area contributed by atoms with Gasteiger partial charge in [0.1, 0.15) is 18.7 Å². The summed E-state index contributed by atoms with van der Waals surface area (Å²) in [5.41, 5.74) is 3.80. The van der Waals surface area contributed by atoms with Crippen LogP contribution in [0.2, 0.25) is 0 Å². The van der Waals surface area contributed by atoms with Crippen molar-refractivity contribution in [2.75, 3.05) is 6.61 Å². The van der Waals surface area contributed by atoms with Gasteiger partial charge in [-0.1, -0.05) is 48.5 Å². The number of carboxylic acids is 1. The number of rotatable bonds is 7. The summed E-state index contributed by atoms with van der Waals surface area (Å²) < 4.78 is 43.8. The van der Waals surface area contributed by atoms with Crippen LogP contribution in [0.3, 0.4) is 0 Å². The lowest BCUT2D eigenvalue weighted by molar-refractivity contribution is -0.150. The highest BCUT2D eigenvalue weighted by Crippen LogP contribution is 2.44. The Balaban J connectivity index is 1.69. The van der Waals surface area contributed by atoms with Gasteiger partial charge < -0.3 is 20.5 Å². The number of carbonyl (C=O) groups is 3. The van der Waals surface area contributed by atoms with Crippen molar-refractivity contribution in [3.8, 4) is 11.1 Å². The van der Waals surface area contributed by atoms with Gasteiger partial charge >= 0.3 is 18.2 Å². The number of alkyl carbamates (subject to hydrolysis) is 1. The molecule has 0 spiro atoms. The minimum absolute atomic E-state index is 0.147. The third-order valence-electron chi connectivity index (χ3n) is 5.12. The van der Waals surface area contributed by atoms with Crippen LogP contribution in [0.25, 0.3) is 11.1 Å². The Morgan fingerprint density at radius 2 is 1.53 bits per heavy atom. The lowest BCUT2D eigenvalue weighted by Crippen LogP contribution is -2.52. The molecule has 0 saturated heterocycles. The number of nitrogens with one attached hydrogen (secondary N) is 2. The maximum absolute atomic E-state index is 12.9. The number of ether oxygens (including phenoxy) is 1. The normalized spacial score (nSPS) is 14.6. The van der Waals surface area contributed by atoms with Crippen molar-refractivity contribution in [1.29, 1.82) is 0 Å². The number of alkyl halides is 3. The van der Waals surface area contributed by atoms with Crippen LogP contribution in [0.15, 0.2) is 48.5 Å². The minimum atomic E-state index is -4.77. The molecule has 3 rings (SSSR count). The molecule has 3 N–H and O–H groups in total. The van der Waals surface area contributed by atoms with Crippen LogP contribution >= 0.6 is 0 Å². The number of hydrogen-bond acceptors (Lipinski definition) is 4. The quantitative estimate of drug-likeness (QED) is 0.600. The van der Waals surface area contributed by atoms with Crippen molar-refractivity contribution in [1.82, 2.24) is 10.6 Å². The van der Waals surface area contributed by atoms with E-state index in [1.165, 1.54) is 0 Å². The average molecular weight is 450 g/mol. The van der Waals surface area contributed by atoms with E-state index in [-0.39, 0.29) is 12.5 Å². The number of hydrogen-bond donors (Lipinski definition) is 3. The molecular formula is C22H21F3N2O5. The van der Waals surface area contributed by atoms with Gasteiger partial charge in [-0.2, -0.15) is 13.2 Å². The van der Waals surface area contributed by atoms with Crippen LogP contribution in [0, 0.1) is 0 Å². The first-order valence-electron chi connectivity index (χ1n) is 9.78. The Morgan fingerprint density at radius 3 is 2.03 bits per heavy atom. The van der Waals surface area contributed by atoms with Crippen LogP contribution in [0.5, 0.6) is 0 Å². The summed E-state index contributed by atoms with van der Waals surface area (Å²) in [6.45, 7) is 0.948. The van der Waals surface area contributed by atoms with E-state index < -0.39 is 42.7 Å². The highest BCUT2D eigenvalue weighted by Gasteiger charge is 2.37. The van der Waals surface area contributed by atoms with Crippen LogP contribution in [0.4, 0.5) is 18.0 Å². The lowest BCUT2D eigenvalue weighted by Gasteiger charge is -2.21. The second-order valence-electron chi connectivity index (χ2n) is 7.41. The number of halogens is 3. The fourth-order valence-electron chi connectivity index (χ4n) is 3.60. The number of amides is 2. The monoisotopic (exact) mass is 450 g/mol. The molecule has 1 aliphatic carbocycles. The van der Waals surface area contributed by atoms with Crippen LogP contribution in [-0.4, -0.2) is 47.9 Å². The molecule has 0 aliphatic heterocycles. The highest BCUT2D eigenvalue weighted by atomic mass is 19.4. The van der Waals surface area contributed by atoms with Gasteiger partial charge in [0, 0.05) is 5.92 Å². The van der Waals surface area contributed by atoms with Gasteiger partial charge in [-0.15, -0.1) is 0 Å². The van der Waals surface area contributed by atoms with Crippen LogP contribution < -0.4 is 10.6 Å². The maximum Gasteiger partial charge on any atom is 0.407 e. The average Bonchev–Trinajstić information content (AvgIpc) is 3.04. The molecular weight excluding hydrogens is 429 g/mol. The first-order valence-corrected chi connectivity index (χ1v) is 9.78. The maximum atomic E-state index is 12.9. The fraction of sp³-hybridized carbons (Fsp3) is 0.318. The van der Waals surface area contributed by atoms with E-state index in [2.05, 4.69) is 0 Å². The molecule has 0 fully saturated rings. The smallest absolute Gasteiger partial charge is 0.407 e. The molecule has 0 bridgehead atoms. The second-order valence-corrected chi connectivity index (χ2v) is 7.41. The van der Waals surface area contributed by atoms with E-state index in [1.54, 1.807) is 0 Å². The molecule has 10 heteroatoms. The van der Waals surface area contributed by atoms with Gasteiger partial charge in [0.05, 0.1) is 6.42 Å². The van der Waals surface area contributed by atoms with Crippen molar-refractivity contribution in [3.05, 3.63) is 59.7 Å². The van der Waals surface area contributed by atoms with Crippen molar-refractivity contribution >= 4 is 18.0 Å². The standard InChI is InChI=1S/C22H21F3N2O5/c1-12(20(29)30)26-19(28)18(10-22(23,24)25)27-21(31)32-11-17-15-8-4-2-6-13(15)14-7-3-5-9-16(14)17/h2-9,12,17-18H,10-11H2,1H3,(H,26,28)(H,27,31)(H,29,30). The minimum Gasteiger partial charge on any atom is -0.480 e. The molecule has 2 aromatic rings. The third-order valence-corrected chi connectivity index (χ3v) is 5.12.